The van der Waals surface area contributed by atoms with Crippen molar-refractivity contribution < 1.29 is 14.3 Å². The molecule has 1 saturated heterocycles. The van der Waals surface area contributed by atoms with E-state index in [1.165, 1.54) is 7.11 Å². The van der Waals surface area contributed by atoms with E-state index >= 15 is 0 Å². The van der Waals surface area contributed by atoms with Crippen LogP contribution in [0.3, 0.4) is 0 Å². The van der Waals surface area contributed by atoms with Crippen LogP contribution in [0.2, 0.25) is 0 Å². The lowest BCUT2D eigenvalue weighted by molar-refractivity contribution is -0.141. The maximum Gasteiger partial charge on any atom is 0.307 e. The van der Waals surface area contributed by atoms with Gasteiger partial charge in [-0.1, -0.05) is 18.2 Å². The summed E-state index contributed by atoms with van der Waals surface area (Å²) in [5, 5.41) is 7.29. The summed E-state index contributed by atoms with van der Waals surface area (Å²) in [5.74, 6) is -0.367. The Morgan fingerprint density at radius 3 is 2.92 bits per heavy atom. The van der Waals surface area contributed by atoms with Crippen molar-refractivity contribution in [1.82, 2.24) is 15.6 Å². The standard InChI is InChI=1S/C18H23N3O3/c1-24-17(22)11-14(21-18(23)16-7-4-8-19-16)10-13-9-12-5-2-3-6-15(12)20-13/h2-3,5-6,9,14,16,19-20H,4,7-8,10-11H2,1H3,(H,21,23)/t14-,16-/m0/s1. The van der Waals surface area contributed by atoms with Crippen LogP contribution < -0.4 is 10.6 Å². The molecule has 2 aromatic rings. The Morgan fingerprint density at radius 1 is 1.38 bits per heavy atom. The van der Waals surface area contributed by atoms with E-state index in [4.69, 9.17) is 4.74 Å². The molecule has 0 saturated carbocycles. The third-order valence-corrected chi connectivity index (χ3v) is 4.42. The lowest BCUT2D eigenvalue weighted by atomic mass is 10.1. The summed E-state index contributed by atoms with van der Waals surface area (Å²) in [4.78, 5) is 27.4. The molecule has 1 aliphatic rings. The quantitative estimate of drug-likeness (QED) is 0.702. The topological polar surface area (TPSA) is 83.2 Å². The Balaban J connectivity index is 1.70. The first-order valence-electron chi connectivity index (χ1n) is 8.33. The normalized spacial score (nSPS) is 18.5. The van der Waals surface area contributed by atoms with E-state index in [-0.39, 0.29) is 30.4 Å². The smallest absolute Gasteiger partial charge is 0.307 e. The highest BCUT2D eigenvalue weighted by Gasteiger charge is 2.25. The number of aromatic amines is 1. The lowest BCUT2D eigenvalue weighted by Gasteiger charge is -2.19. The fraction of sp³-hybridized carbons (Fsp3) is 0.444. The molecule has 0 radical (unpaired) electrons. The van der Waals surface area contributed by atoms with Crippen molar-refractivity contribution in [2.75, 3.05) is 13.7 Å². The molecule has 1 fully saturated rings. The summed E-state index contributed by atoms with van der Waals surface area (Å²) in [6.45, 7) is 0.863. The Labute approximate surface area is 141 Å². The van der Waals surface area contributed by atoms with Gasteiger partial charge in [-0.05, 0) is 36.9 Å². The Kier molecular flexibility index (Phi) is 5.15. The summed E-state index contributed by atoms with van der Waals surface area (Å²) < 4.78 is 4.77. The zero-order chi connectivity index (χ0) is 16.9. The van der Waals surface area contributed by atoms with Gasteiger partial charge in [0, 0.05) is 23.7 Å². The molecule has 2 atom stereocenters. The van der Waals surface area contributed by atoms with Gasteiger partial charge in [0.1, 0.15) is 0 Å². The number of amides is 1. The number of ether oxygens (including phenoxy) is 1. The van der Waals surface area contributed by atoms with Crippen LogP contribution in [0.25, 0.3) is 10.9 Å². The maximum absolute atomic E-state index is 12.4. The molecule has 1 aliphatic heterocycles. The molecule has 0 aliphatic carbocycles. The van der Waals surface area contributed by atoms with Crippen LogP contribution in [0.15, 0.2) is 30.3 Å². The zero-order valence-electron chi connectivity index (χ0n) is 13.8. The molecule has 0 spiro atoms. The van der Waals surface area contributed by atoms with Gasteiger partial charge >= 0.3 is 5.97 Å². The summed E-state index contributed by atoms with van der Waals surface area (Å²) >= 11 is 0. The predicted octanol–water partition coefficient (Wildman–Crippen LogP) is 1.51. The van der Waals surface area contributed by atoms with Gasteiger partial charge in [0.15, 0.2) is 0 Å². The number of esters is 1. The summed E-state index contributed by atoms with van der Waals surface area (Å²) in [6.07, 6.45) is 2.55. The minimum absolute atomic E-state index is 0.0440. The average Bonchev–Trinajstić information content (AvgIpc) is 3.23. The number of carbonyl (C=O) groups is 2. The number of H-pyrrole nitrogens is 1. The van der Waals surface area contributed by atoms with E-state index in [1.54, 1.807) is 0 Å². The monoisotopic (exact) mass is 329 g/mol. The Bertz CT molecular complexity index is 686. The summed E-state index contributed by atoms with van der Waals surface area (Å²) in [6, 6.07) is 9.61. The SMILES string of the molecule is COC(=O)C[C@H](Cc1cc2ccccc2[nH]1)NC(=O)[C@@H]1CCCN1. The second-order valence-electron chi connectivity index (χ2n) is 6.22. The van der Waals surface area contributed by atoms with Crippen LogP contribution in [0, 0.1) is 0 Å². The van der Waals surface area contributed by atoms with E-state index in [1.807, 2.05) is 24.3 Å². The van der Waals surface area contributed by atoms with Gasteiger partial charge in [0.2, 0.25) is 5.91 Å². The molecule has 6 nitrogen and oxygen atoms in total. The molecule has 3 rings (SSSR count). The van der Waals surface area contributed by atoms with Crippen LogP contribution >= 0.6 is 0 Å². The van der Waals surface area contributed by atoms with Crippen LogP contribution in [0.4, 0.5) is 0 Å². The fourth-order valence-electron chi connectivity index (χ4n) is 3.18. The number of benzene rings is 1. The van der Waals surface area contributed by atoms with E-state index in [9.17, 15) is 9.59 Å². The number of rotatable bonds is 6. The summed E-state index contributed by atoms with van der Waals surface area (Å²) in [5.41, 5.74) is 2.04. The lowest BCUT2D eigenvalue weighted by Crippen LogP contribution is -2.46. The first kappa shape index (κ1) is 16.5. The average molecular weight is 329 g/mol. The number of hydrogen-bond acceptors (Lipinski definition) is 4. The van der Waals surface area contributed by atoms with Gasteiger partial charge in [0.05, 0.1) is 19.6 Å². The van der Waals surface area contributed by atoms with Crippen molar-refractivity contribution in [2.24, 2.45) is 0 Å². The van der Waals surface area contributed by atoms with Crippen molar-refractivity contribution in [3.05, 3.63) is 36.0 Å². The fourth-order valence-corrected chi connectivity index (χ4v) is 3.18. The van der Waals surface area contributed by atoms with Gasteiger partial charge in [-0.25, -0.2) is 0 Å². The van der Waals surface area contributed by atoms with Gasteiger partial charge in [-0.2, -0.15) is 0 Å². The second-order valence-corrected chi connectivity index (χ2v) is 6.22. The number of para-hydroxylation sites is 1. The molecular weight excluding hydrogens is 306 g/mol. The molecule has 0 unspecified atom stereocenters. The minimum atomic E-state index is -0.323. The number of aromatic nitrogens is 1. The largest absolute Gasteiger partial charge is 0.469 e. The second kappa shape index (κ2) is 7.49. The highest BCUT2D eigenvalue weighted by Crippen LogP contribution is 2.17. The van der Waals surface area contributed by atoms with E-state index in [2.05, 4.69) is 21.7 Å². The predicted molar refractivity (Wildman–Crippen MR) is 91.6 cm³/mol. The van der Waals surface area contributed by atoms with Crippen LogP contribution in [0.1, 0.15) is 25.0 Å². The maximum atomic E-state index is 12.4. The van der Waals surface area contributed by atoms with Crippen LogP contribution in [0.5, 0.6) is 0 Å². The van der Waals surface area contributed by atoms with Crippen molar-refractivity contribution in [3.63, 3.8) is 0 Å². The Hall–Kier alpha value is -2.34. The molecule has 0 bridgehead atoms. The highest BCUT2D eigenvalue weighted by molar-refractivity contribution is 5.83. The van der Waals surface area contributed by atoms with Gasteiger partial charge < -0.3 is 20.4 Å². The van der Waals surface area contributed by atoms with Crippen molar-refractivity contribution >= 4 is 22.8 Å². The molecule has 2 heterocycles. The molecule has 24 heavy (non-hydrogen) atoms. The molecule has 1 aromatic heterocycles. The number of nitrogens with one attached hydrogen (secondary N) is 3. The zero-order valence-corrected chi connectivity index (χ0v) is 13.8. The third-order valence-electron chi connectivity index (χ3n) is 4.42. The molecule has 3 N–H and O–H groups in total. The third kappa shape index (κ3) is 3.94. The van der Waals surface area contributed by atoms with E-state index < -0.39 is 0 Å². The molecule has 1 amide bonds. The van der Waals surface area contributed by atoms with Gasteiger partial charge in [0.25, 0.3) is 0 Å². The van der Waals surface area contributed by atoms with Crippen LogP contribution in [-0.4, -0.2) is 42.6 Å². The first-order chi connectivity index (χ1) is 11.7. The molecule has 128 valence electrons. The Morgan fingerprint density at radius 2 is 2.21 bits per heavy atom. The van der Waals surface area contributed by atoms with Gasteiger partial charge in [-0.15, -0.1) is 0 Å². The minimum Gasteiger partial charge on any atom is -0.469 e. The highest BCUT2D eigenvalue weighted by atomic mass is 16.5. The van der Waals surface area contributed by atoms with Crippen molar-refractivity contribution in [3.8, 4) is 0 Å². The molecule has 1 aromatic carbocycles. The molecule has 6 heteroatoms. The molecular formula is C18H23N3O3. The number of hydrogen-bond donors (Lipinski definition) is 3. The first-order valence-corrected chi connectivity index (χ1v) is 8.33. The van der Waals surface area contributed by atoms with Crippen molar-refractivity contribution in [2.45, 2.75) is 37.8 Å². The number of methoxy groups -OCH3 is 1. The number of carbonyl (C=O) groups excluding carboxylic acids is 2. The number of fused-ring (bicyclic) bond motifs is 1. The van der Waals surface area contributed by atoms with Gasteiger partial charge in [-0.3, -0.25) is 9.59 Å². The van der Waals surface area contributed by atoms with Crippen LogP contribution in [-0.2, 0) is 20.7 Å². The van der Waals surface area contributed by atoms with Crippen molar-refractivity contribution in [1.29, 1.82) is 0 Å². The van der Waals surface area contributed by atoms with E-state index in [0.29, 0.717) is 6.42 Å². The van der Waals surface area contributed by atoms with E-state index in [0.717, 1.165) is 36.0 Å². The summed E-state index contributed by atoms with van der Waals surface area (Å²) in [7, 11) is 1.36.